The molecule has 1 saturated heterocycles. The molecule has 0 unspecified atom stereocenters. The minimum atomic E-state index is -4.65. The molecule has 7 nitrogen and oxygen atoms in total. The van der Waals surface area contributed by atoms with Crippen molar-refractivity contribution in [3.63, 3.8) is 0 Å². The van der Waals surface area contributed by atoms with Gasteiger partial charge in [0, 0.05) is 44.7 Å². The number of alkyl halides is 3. The van der Waals surface area contributed by atoms with E-state index in [4.69, 9.17) is 10.5 Å². The lowest BCUT2D eigenvalue weighted by molar-refractivity contribution is -0.148. The molecule has 2 N–H and O–H groups in total. The molecule has 14 heteroatoms. The van der Waals surface area contributed by atoms with E-state index in [1.54, 1.807) is 4.90 Å². The van der Waals surface area contributed by atoms with Crippen LogP contribution in [0.15, 0.2) is 12.1 Å². The molecule has 1 aromatic heterocycles. The molecule has 1 fully saturated rings. The minimum absolute atomic E-state index is 0. The third kappa shape index (κ3) is 5.84. The maximum atomic E-state index is 13.9. The lowest BCUT2D eigenvalue weighted by Gasteiger charge is -2.33. The van der Waals surface area contributed by atoms with Crippen molar-refractivity contribution in [2.75, 3.05) is 37.7 Å². The second kappa shape index (κ2) is 10.6. The number of imidazole rings is 1. The molecule has 0 bridgehead atoms. The Morgan fingerprint density at radius 1 is 1.06 bits per heavy atom. The lowest BCUT2D eigenvalue weighted by Crippen LogP contribution is -2.43. The molecule has 35 heavy (non-hydrogen) atoms. The highest BCUT2D eigenvalue weighted by Gasteiger charge is 2.41. The van der Waals surface area contributed by atoms with Crippen LogP contribution in [0.25, 0.3) is 0 Å². The van der Waals surface area contributed by atoms with Crippen molar-refractivity contribution in [1.29, 1.82) is 0 Å². The van der Waals surface area contributed by atoms with E-state index in [0.29, 0.717) is 38.4 Å². The number of hydrogen-bond donors (Lipinski definition) is 1. The predicted octanol–water partition coefficient (Wildman–Crippen LogP) is 2.88. The van der Waals surface area contributed by atoms with Gasteiger partial charge in [-0.15, -0.1) is 12.4 Å². The van der Waals surface area contributed by atoms with Crippen LogP contribution in [0.2, 0.25) is 0 Å². The minimum Gasteiger partial charge on any atom is -0.378 e. The Morgan fingerprint density at radius 3 is 2.37 bits per heavy atom. The number of rotatable bonds is 5. The number of fused-ring (bicyclic) bond motifs is 1. The topological polar surface area (TPSA) is 76.6 Å². The first-order valence-electron chi connectivity index (χ1n) is 10.7. The third-order valence-corrected chi connectivity index (χ3v) is 5.91. The Labute approximate surface area is 203 Å². The summed E-state index contributed by atoms with van der Waals surface area (Å²) in [7, 11) is 0. The quantitative estimate of drug-likeness (QED) is 0.478. The van der Waals surface area contributed by atoms with Crippen LogP contribution in [0.4, 0.5) is 32.2 Å². The molecule has 194 valence electrons. The first-order valence-corrected chi connectivity index (χ1v) is 10.7. The Morgan fingerprint density at radius 2 is 1.71 bits per heavy atom. The van der Waals surface area contributed by atoms with Crippen LogP contribution < -0.4 is 10.6 Å². The smallest absolute Gasteiger partial charge is 0.378 e. The number of halogens is 7. The number of hydrogen-bond acceptors (Lipinski definition) is 5. The Kier molecular flexibility index (Phi) is 8.22. The van der Waals surface area contributed by atoms with Gasteiger partial charge >= 0.3 is 6.18 Å². The number of aromatic nitrogens is 2. The zero-order valence-electron chi connectivity index (χ0n) is 18.5. The summed E-state index contributed by atoms with van der Waals surface area (Å²) in [5.41, 5.74) is 6.06. The van der Waals surface area contributed by atoms with Crippen LogP contribution >= 0.6 is 12.4 Å². The molecule has 2 aliphatic rings. The molecule has 2 aliphatic heterocycles. The van der Waals surface area contributed by atoms with Gasteiger partial charge in [-0.1, -0.05) is 0 Å². The van der Waals surface area contributed by atoms with E-state index < -0.39 is 41.4 Å². The van der Waals surface area contributed by atoms with Gasteiger partial charge in [-0.3, -0.25) is 4.79 Å². The average molecular weight is 528 g/mol. The van der Waals surface area contributed by atoms with Crippen LogP contribution in [0.3, 0.4) is 0 Å². The van der Waals surface area contributed by atoms with Crippen molar-refractivity contribution < 1.29 is 35.9 Å². The molecule has 1 atom stereocenters. The van der Waals surface area contributed by atoms with Crippen molar-refractivity contribution in [2.45, 2.75) is 38.1 Å². The molecule has 0 radical (unpaired) electrons. The fraction of sp³-hybridized carbons (Fsp3) is 0.524. The van der Waals surface area contributed by atoms with Gasteiger partial charge in [-0.25, -0.2) is 18.2 Å². The fourth-order valence-electron chi connectivity index (χ4n) is 4.24. The van der Waals surface area contributed by atoms with Crippen molar-refractivity contribution in [3.05, 3.63) is 46.7 Å². The first kappa shape index (κ1) is 27.1. The van der Waals surface area contributed by atoms with Gasteiger partial charge in [0.15, 0.2) is 17.5 Å². The highest BCUT2D eigenvalue weighted by atomic mass is 35.5. The van der Waals surface area contributed by atoms with Crippen molar-refractivity contribution in [3.8, 4) is 0 Å². The number of morpholine rings is 1. The van der Waals surface area contributed by atoms with Gasteiger partial charge in [0.1, 0.15) is 5.82 Å². The van der Waals surface area contributed by atoms with Crippen LogP contribution in [0, 0.1) is 17.5 Å². The van der Waals surface area contributed by atoms with Crippen molar-refractivity contribution >= 4 is 24.1 Å². The maximum absolute atomic E-state index is 13.9. The summed E-state index contributed by atoms with van der Waals surface area (Å²) in [5, 5.41) is 0. The number of amides is 1. The molecule has 0 aliphatic carbocycles. The van der Waals surface area contributed by atoms with Crippen LogP contribution in [-0.2, 0) is 35.2 Å². The number of ether oxygens (including phenoxy) is 1. The summed E-state index contributed by atoms with van der Waals surface area (Å²) in [6.45, 7) is 1.28. The average Bonchev–Trinajstić information content (AvgIpc) is 3.17. The summed E-state index contributed by atoms with van der Waals surface area (Å²) in [6.07, 6.45) is -5.11. The van der Waals surface area contributed by atoms with Gasteiger partial charge in [0.05, 0.1) is 25.5 Å². The van der Waals surface area contributed by atoms with E-state index in [1.165, 1.54) is 4.90 Å². The monoisotopic (exact) mass is 527 g/mol. The second-order valence-electron chi connectivity index (χ2n) is 8.30. The highest BCUT2D eigenvalue weighted by molar-refractivity contribution is 5.85. The number of carbonyl (C=O) groups is 1. The first-order chi connectivity index (χ1) is 16.0. The van der Waals surface area contributed by atoms with E-state index in [9.17, 15) is 31.1 Å². The molecular weight excluding hydrogens is 504 g/mol. The van der Waals surface area contributed by atoms with Gasteiger partial charge in [0.2, 0.25) is 11.7 Å². The molecular formula is C21H24ClF6N5O2. The Hall–Kier alpha value is -2.51. The van der Waals surface area contributed by atoms with E-state index in [-0.39, 0.29) is 62.0 Å². The summed E-state index contributed by atoms with van der Waals surface area (Å²) < 4.78 is 87.5. The van der Waals surface area contributed by atoms with Crippen LogP contribution in [0.1, 0.15) is 23.5 Å². The Bertz CT molecular complexity index is 1070. The van der Waals surface area contributed by atoms with E-state index in [0.717, 1.165) is 4.57 Å². The predicted molar refractivity (Wildman–Crippen MR) is 116 cm³/mol. The zero-order valence-corrected chi connectivity index (χ0v) is 19.3. The molecule has 2 aromatic rings. The number of anilines is 1. The van der Waals surface area contributed by atoms with Gasteiger partial charge in [0.25, 0.3) is 0 Å². The normalized spacial score (nSPS) is 17.1. The molecule has 0 saturated carbocycles. The number of nitrogens with zero attached hydrogens (tertiary/aromatic N) is 4. The molecule has 0 spiro atoms. The third-order valence-electron chi connectivity index (χ3n) is 5.91. The maximum Gasteiger partial charge on any atom is 0.449 e. The highest BCUT2D eigenvalue weighted by Crippen LogP contribution is 2.35. The number of nitrogens with two attached hydrogens (primary N) is 1. The number of carbonyl (C=O) groups excluding carboxylic acids is 1. The van der Waals surface area contributed by atoms with Crippen molar-refractivity contribution in [1.82, 2.24) is 14.5 Å². The molecule has 3 heterocycles. The largest absolute Gasteiger partial charge is 0.449 e. The van der Waals surface area contributed by atoms with Crippen LogP contribution in [-0.4, -0.2) is 59.2 Å². The molecule has 1 amide bonds. The summed E-state index contributed by atoms with van der Waals surface area (Å²) >= 11 is 0. The van der Waals surface area contributed by atoms with E-state index in [1.807, 2.05) is 0 Å². The summed E-state index contributed by atoms with van der Waals surface area (Å²) in [4.78, 5) is 19.8. The zero-order chi connectivity index (χ0) is 24.6. The van der Waals surface area contributed by atoms with Gasteiger partial charge < -0.3 is 24.8 Å². The van der Waals surface area contributed by atoms with Gasteiger partial charge in [-0.2, -0.15) is 13.2 Å². The molecule has 1 aromatic carbocycles. The SMILES string of the molecule is Cl.N[C@@H](CC(=O)N1CCn2c(C(F)(F)F)nc(N3CCOCC3)c2C1)Cc1cc(F)c(F)cc1F. The second-order valence-corrected chi connectivity index (χ2v) is 8.30. The number of benzene rings is 1. The summed E-state index contributed by atoms with van der Waals surface area (Å²) in [6, 6.07) is 0.209. The standard InChI is InChI=1S/C21H23F6N5O2.ClH/c22-14-10-16(24)15(23)8-12(14)7-13(28)9-18(33)31-1-2-32-17(11-31)19(29-20(32)21(25,26)27)30-3-5-34-6-4-30;/h8,10,13H,1-7,9,11,28H2;1H/t13-;/m1./s1. The summed E-state index contributed by atoms with van der Waals surface area (Å²) in [5.74, 6) is -4.81. The van der Waals surface area contributed by atoms with E-state index >= 15 is 0 Å². The van der Waals surface area contributed by atoms with Crippen LogP contribution in [0.5, 0.6) is 0 Å². The molecule has 4 rings (SSSR count). The Balaban J connectivity index is 0.00000342. The van der Waals surface area contributed by atoms with E-state index in [2.05, 4.69) is 4.98 Å². The van der Waals surface area contributed by atoms with Crippen molar-refractivity contribution in [2.24, 2.45) is 5.73 Å². The van der Waals surface area contributed by atoms with Gasteiger partial charge in [-0.05, 0) is 18.1 Å². The fourth-order valence-corrected chi connectivity index (χ4v) is 4.24. The lowest BCUT2D eigenvalue weighted by atomic mass is 10.0.